The summed E-state index contributed by atoms with van der Waals surface area (Å²) in [5.74, 6) is 0.690. The molecule has 0 saturated carbocycles. The molecule has 1 heterocycles. The van der Waals surface area contributed by atoms with Gasteiger partial charge in [0.05, 0.1) is 9.40 Å². The molecule has 7 heteroatoms. The van der Waals surface area contributed by atoms with E-state index in [1.807, 2.05) is 13.1 Å². The lowest BCUT2D eigenvalue weighted by molar-refractivity contribution is -0.385. The molecule has 0 spiro atoms. The molecule has 0 aliphatic carbocycles. The van der Waals surface area contributed by atoms with Gasteiger partial charge >= 0.3 is 0 Å². The minimum Gasteiger partial charge on any atom is -0.319 e. The molecule has 0 aromatic heterocycles. The van der Waals surface area contributed by atoms with Gasteiger partial charge < -0.3 is 5.32 Å². The van der Waals surface area contributed by atoms with Gasteiger partial charge in [-0.25, -0.2) is 0 Å². The Morgan fingerprint density at radius 1 is 1.55 bits per heavy atom. The summed E-state index contributed by atoms with van der Waals surface area (Å²) in [4.78, 5) is 12.9. The fourth-order valence-electron chi connectivity index (χ4n) is 2.57. The van der Waals surface area contributed by atoms with E-state index in [-0.39, 0.29) is 23.0 Å². The first-order valence-corrected chi connectivity index (χ1v) is 7.19. The second-order valence-electron chi connectivity index (χ2n) is 4.99. The summed E-state index contributed by atoms with van der Waals surface area (Å²) < 4.78 is 0.538. The fourth-order valence-corrected chi connectivity index (χ4v) is 2.96. The molecular weight excluding hydrogens is 346 g/mol. The summed E-state index contributed by atoms with van der Waals surface area (Å²) in [5, 5.41) is 14.1. The lowest BCUT2D eigenvalue weighted by Crippen LogP contribution is -2.24. The maximum Gasteiger partial charge on any atom is 0.283 e. The van der Waals surface area contributed by atoms with Crippen molar-refractivity contribution in [3.63, 3.8) is 0 Å². The number of hydrogen-bond donors (Lipinski definition) is 1. The van der Waals surface area contributed by atoms with Crippen LogP contribution in [0.25, 0.3) is 0 Å². The van der Waals surface area contributed by atoms with Crippen LogP contribution in [0.2, 0.25) is 0 Å². The monoisotopic (exact) mass is 363 g/mol. The molecule has 1 N–H and O–H groups in total. The number of benzene rings is 1. The van der Waals surface area contributed by atoms with Crippen molar-refractivity contribution >= 4 is 34.0 Å². The van der Waals surface area contributed by atoms with Crippen LogP contribution < -0.4 is 5.32 Å². The zero-order valence-corrected chi connectivity index (χ0v) is 13.7. The van der Waals surface area contributed by atoms with Gasteiger partial charge in [-0.1, -0.05) is 6.07 Å². The van der Waals surface area contributed by atoms with Crippen LogP contribution in [-0.4, -0.2) is 36.5 Å². The maximum atomic E-state index is 10.9. The molecule has 1 saturated heterocycles. The largest absolute Gasteiger partial charge is 0.319 e. The smallest absolute Gasteiger partial charge is 0.283 e. The Morgan fingerprint density at radius 3 is 2.95 bits per heavy atom. The van der Waals surface area contributed by atoms with E-state index in [0.29, 0.717) is 10.4 Å². The third-order valence-electron chi connectivity index (χ3n) is 3.48. The minimum absolute atomic E-state index is 0. The number of nitro benzene ring substituents is 1. The van der Waals surface area contributed by atoms with E-state index in [2.05, 4.69) is 26.1 Å². The summed E-state index contributed by atoms with van der Waals surface area (Å²) in [5.41, 5.74) is 1.14. The number of halogens is 2. The Bertz CT molecular complexity index is 473. The first kappa shape index (κ1) is 17.4. The lowest BCUT2D eigenvalue weighted by Gasteiger charge is -2.16. The Labute approximate surface area is 133 Å². The molecular formula is C13H19BrClN3O2. The predicted octanol–water partition coefficient (Wildman–Crippen LogP) is 2.82. The number of hydrogen-bond acceptors (Lipinski definition) is 4. The van der Waals surface area contributed by atoms with Crippen LogP contribution in [0.1, 0.15) is 12.0 Å². The highest BCUT2D eigenvalue weighted by Crippen LogP contribution is 2.27. The molecule has 0 amide bonds. The van der Waals surface area contributed by atoms with Crippen molar-refractivity contribution in [3.8, 4) is 0 Å². The average Bonchev–Trinajstić information content (AvgIpc) is 2.79. The van der Waals surface area contributed by atoms with Crippen LogP contribution in [0.3, 0.4) is 0 Å². The molecule has 1 aliphatic rings. The molecule has 1 unspecified atom stereocenters. The zero-order chi connectivity index (χ0) is 13.8. The normalized spacial score (nSPS) is 18.8. The molecule has 0 radical (unpaired) electrons. The summed E-state index contributed by atoms with van der Waals surface area (Å²) in [7, 11) is 1.97. The Morgan fingerprint density at radius 2 is 2.30 bits per heavy atom. The number of nitro groups is 1. The van der Waals surface area contributed by atoms with E-state index in [4.69, 9.17) is 0 Å². The van der Waals surface area contributed by atoms with Crippen molar-refractivity contribution in [2.24, 2.45) is 5.92 Å². The number of rotatable bonds is 5. The van der Waals surface area contributed by atoms with Crippen molar-refractivity contribution in [2.75, 3.05) is 26.7 Å². The van der Waals surface area contributed by atoms with Gasteiger partial charge in [0.1, 0.15) is 0 Å². The van der Waals surface area contributed by atoms with Crippen molar-refractivity contribution in [2.45, 2.75) is 13.0 Å². The number of likely N-dealkylation sites (tertiary alicyclic amines) is 1. The van der Waals surface area contributed by atoms with Crippen LogP contribution in [-0.2, 0) is 6.54 Å². The molecule has 1 aromatic carbocycles. The van der Waals surface area contributed by atoms with Crippen molar-refractivity contribution in [1.29, 1.82) is 0 Å². The van der Waals surface area contributed by atoms with E-state index >= 15 is 0 Å². The summed E-state index contributed by atoms with van der Waals surface area (Å²) in [6.45, 7) is 3.95. The van der Waals surface area contributed by atoms with Gasteiger partial charge in [0.25, 0.3) is 5.69 Å². The molecule has 5 nitrogen and oxygen atoms in total. The van der Waals surface area contributed by atoms with Gasteiger partial charge in [-0.2, -0.15) is 0 Å². The lowest BCUT2D eigenvalue weighted by atomic mass is 10.1. The Kier molecular flexibility index (Phi) is 6.88. The third-order valence-corrected chi connectivity index (χ3v) is 4.15. The predicted molar refractivity (Wildman–Crippen MR) is 85.4 cm³/mol. The second kappa shape index (κ2) is 7.93. The zero-order valence-electron chi connectivity index (χ0n) is 11.3. The highest BCUT2D eigenvalue weighted by Gasteiger charge is 2.22. The first-order valence-electron chi connectivity index (χ1n) is 6.40. The summed E-state index contributed by atoms with van der Waals surface area (Å²) in [6.07, 6.45) is 1.19. The Balaban J connectivity index is 0.00000200. The molecule has 1 aromatic rings. The van der Waals surface area contributed by atoms with Gasteiger partial charge in [-0.15, -0.1) is 12.4 Å². The summed E-state index contributed by atoms with van der Waals surface area (Å²) >= 11 is 3.21. The second-order valence-corrected chi connectivity index (χ2v) is 5.84. The van der Waals surface area contributed by atoms with Crippen molar-refractivity contribution in [1.82, 2.24) is 10.2 Å². The minimum atomic E-state index is -0.346. The molecule has 2 rings (SSSR count). The van der Waals surface area contributed by atoms with E-state index in [0.717, 1.165) is 31.7 Å². The Hall–Kier alpha value is -0.690. The summed E-state index contributed by atoms with van der Waals surface area (Å²) in [6, 6.07) is 5.37. The SMILES string of the molecule is CNCC1CCN(Cc2ccc(Br)c([N+](=O)[O-])c2)C1.Cl. The van der Waals surface area contributed by atoms with E-state index in [1.165, 1.54) is 6.42 Å². The molecule has 0 bridgehead atoms. The van der Waals surface area contributed by atoms with E-state index in [1.54, 1.807) is 12.1 Å². The van der Waals surface area contributed by atoms with Crippen molar-refractivity contribution < 1.29 is 4.92 Å². The van der Waals surface area contributed by atoms with Gasteiger partial charge in [0.2, 0.25) is 0 Å². The average molecular weight is 365 g/mol. The quantitative estimate of drug-likeness (QED) is 0.645. The molecule has 1 fully saturated rings. The van der Waals surface area contributed by atoms with Gasteiger partial charge in [0.15, 0.2) is 0 Å². The molecule has 112 valence electrons. The molecule has 1 aliphatic heterocycles. The fraction of sp³-hybridized carbons (Fsp3) is 0.538. The first-order chi connectivity index (χ1) is 9.10. The van der Waals surface area contributed by atoms with Gasteiger partial charge in [0, 0.05) is 19.2 Å². The number of nitrogens with zero attached hydrogens (tertiary/aromatic N) is 2. The standard InChI is InChI=1S/C13H18BrN3O2.ClH/c1-15-7-11-4-5-16(9-11)8-10-2-3-12(14)13(6-10)17(18)19;/h2-3,6,11,15H,4-5,7-9H2,1H3;1H. The van der Waals surface area contributed by atoms with Crippen LogP contribution in [0, 0.1) is 16.0 Å². The van der Waals surface area contributed by atoms with Crippen LogP contribution in [0.5, 0.6) is 0 Å². The van der Waals surface area contributed by atoms with Crippen LogP contribution in [0.15, 0.2) is 22.7 Å². The van der Waals surface area contributed by atoms with Crippen LogP contribution in [0.4, 0.5) is 5.69 Å². The molecule has 20 heavy (non-hydrogen) atoms. The van der Waals surface area contributed by atoms with E-state index < -0.39 is 0 Å². The highest BCUT2D eigenvalue weighted by atomic mass is 79.9. The maximum absolute atomic E-state index is 10.9. The number of nitrogens with one attached hydrogen (secondary N) is 1. The van der Waals surface area contributed by atoms with Gasteiger partial charge in [-0.3, -0.25) is 15.0 Å². The van der Waals surface area contributed by atoms with Gasteiger partial charge in [-0.05, 0) is 60.0 Å². The molecule has 1 atom stereocenters. The van der Waals surface area contributed by atoms with E-state index in [9.17, 15) is 10.1 Å². The highest BCUT2D eigenvalue weighted by molar-refractivity contribution is 9.10. The third kappa shape index (κ3) is 4.41. The topological polar surface area (TPSA) is 58.4 Å². The van der Waals surface area contributed by atoms with Crippen LogP contribution >= 0.6 is 28.3 Å². The van der Waals surface area contributed by atoms with Crippen molar-refractivity contribution in [3.05, 3.63) is 38.3 Å².